The highest BCUT2D eigenvalue weighted by molar-refractivity contribution is 6.44. The molecule has 1 amide bonds. The molecule has 2 atom stereocenters. The predicted octanol–water partition coefficient (Wildman–Crippen LogP) is 9.53. The van der Waals surface area contributed by atoms with Gasteiger partial charge >= 0.3 is 13.1 Å². The number of aromatic nitrogens is 1. The van der Waals surface area contributed by atoms with E-state index in [1.807, 2.05) is 81.4 Å². The van der Waals surface area contributed by atoms with Crippen LogP contribution >= 0.6 is 0 Å². The molecule has 0 unspecified atom stereocenters. The lowest BCUT2D eigenvalue weighted by atomic mass is 9.79. The highest BCUT2D eigenvalue weighted by atomic mass is 19.1. The quantitative estimate of drug-likeness (QED) is 0.120. The zero-order valence-electron chi connectivity index (χ0n) is 29.5. The number of esters is 1. The van der Waals surface area contributed by atoms with Crippen LogP contribution in [0, 0.1) is 5.82 Å². The van der Waals surface area contributed by atoms with Crippen LogP contribution in [-0.4, -0.2) is 41.4 Å². The Morgan fingerprint density at radius 3 is 2.18 bits per heavy atom. The lowest BCUT2D eigenvalue weighted by molar-refractivity contribution is -0.157. The highest BCUT2D eigenvalue weighted by Gasteiger charge is 2.36. The number of anilines is 1. The van der Waals surface area contributed by atoms with Gasteiger partial charge in [0, 0.05) is 29.6 Å². The summed E-state index contributed by atoms with van der Waals surface area (Å²) in [6.07, 6.45) is 2.37. The number of hydrogen-bond donors (Lipinski definition) is 1. The summed E-state index contributed by atoms with van der Waals surface area (Å²) in [4.78, 5) is 27.2. The first kappa shape index (κ1) is 36.1. The van der Waals surface area contributed by atoms with Gasteiger partial charge in [0.2, 0.25) is 0 Å². The number of rotatable bonds is 12. The van der Waals surface area contributed by atoms with Gasteiger partial charge in [0.25, 0.3) is 5.91 Å². The van der Waals surface area contributed by atoms with Gasteiger partial charge in [-0.25, -0.2) is 4.39 Å². The van der Waals surface area contributed by atoms with Gasteiger partial charge in [-0.2, -0.15) is 0 Å². The molecule has 49 heavy (non-hydrogen) atoms. The van der Waals surface area contributed by atoms with Crippen molar-refractivity contribution in [2.24, 2.45) is 0 Å². The summed E-state index contributed by atoms with van der Waals surface area (Å²) in [5.41, 5.74) is 4.93. The van der Waals surface area contributed by atoms with Crippen molar-refractivity contribution in [1.29, 1.82) is 0 Å². The lowest BCUT2D eigenvalue weighted by Crippen LogP contribution is -2.43. The van der Waals surface area contributed by atoms with E-state index in [0.29, 0.717) is 37.0 Å². The fourth-order valence-electron chi connectivity index (χ4n) is 6.61. The maximum Gasteiger partial charge on any atom is 0.457 e. The monoisotopic (exact) mass is 666 g/mol. The van der Waals surface area contributed by atoms with E-state index < -0.39 is 12.7 Å². The second kappa shape index (κ2) is 16.0. The van der Waals surface area contributed by atoms with Gasteiger partial charge in [-0.05, 0) is 93.4 Å². The second-order valence-electron chi connectivity index (χ2n) is 14.0. The molecule has 1 saturated heterocycles. The van der Waals surface area contributed by atoms with E-state index in [4.69, 9.17) is 14.0 Å². The molecular weight excluding hydrogens is 618 g/mol. The first-order valence-corrected chi connectivity index (χ1v) is 17.4. The molecule has 0 aliphatic carbocycles. The van der Waals surface area contributed by atoms with Crippen molar-refractivity contribution in [3.63, 3.8) is 0 Å². The zero-order chi connectivity index (χ0) is 35.1. The Hall–Kier alpha value is -4.21. The van der Waals surface area contributed by atoms with Gasteiger partial charge in [0.15, 0.2) is 0 Å². The normalized spacial score (nSPS) is 16.5. The van der Waals surface area contributed by atoms with Crippen LogP contribution in [0.3, 0.4) is 0 Å². The molecule has 3 aromatic carbocycles. The molecule has 0 bridgehead atoms. The van der Waals surface area contributed by atoms with Gasteiger partial charge in [-0.15, -0.1) is 0 Å². The molecule has 5 rings (SSSR count). The van der Waals surface area contributed by atoms with Crippen LogP contribution in [-0.2, 0) is 25.4 Å². The summed E-state index contributed by atoms with van der Waals surface area (Å²) in [6, 6.07) is 25.8. The van der Waals surface area contributed by atoms with Crippen LogP contribution in [0.25, 0.3) is 22.4 Å². The average Bonchev–Trinajstić information content (AvgIpc) is 3.40. The first-order chi connectivity index (χ1) is 23.4. The van der Waals surface area contributed by atoms with Crippen molar-refractivity contribution < 1.29 is 28.0 Å². The average molecular weight is 667 g/mol. The topological polar surface area (TPSA) is 78.8 Å². The molecule has 0 saturated carbocycles. The molecule has 0 radical (unpaired) electrons. The Morgan fingerprint density at radius 2 is 1.57 bits per heavy atom. The van der Waals surface area contributed by atoms with E-state index in [1.165, 1.54) is 12.1 Å². The zero-order valence-corrected chi connectivity index (χ0v) is 29.5. The number of hydrogen-bond acceptors (Lipinski definition) is 5. The molecule has 1 N–H and O–H groups in total. The van der Waals surface area contributed by atoms with Crippen LogP contribution in [0.1, 0.15) is 89.2 Å². The van der Waals surface area contributed by atoms with Crippen molar-refractivity contribution in [2.45, 2.75) is 104 Å². The Kier molecular flexibility index (Phi) is 11.8. The van der Waals surface area contributed by atoms with E-state index in [2.05, 4.69) is 30.7 Å². The number of nitrogens with zero attached hydrogens (tertiary/aromatic N) is 1. The summed E-state index contributed by atoms with van der Waals surface area (Å²) in [6.45, 7) is 12.4. The molecule has 9 heteroatoms. The van der Waals surface area contributed by atoms with Crippen molar-refractivity contribution in [1.82, 2.24) is 4.57 Å². The van der Waals surface area contributed by atoms with Crippen molar-refractivity contribution in [3.05, 3.63) is 102 Å². The molecule has 258 valence electrons. The van der Waals surface area contributed by atoms with Gasteiger partial charge < -0.3 is 23.9 Å². The van der Waals surface area contributed by atoms with Gasteiger partial charge in [0.05, 0.1) is 23.8 Å². The van der Waals surface area contributed by atoms with Crippen LogP contribution < -0.4 is 5.32 Å². The number of ether oxygens (including phenoxy) is 1. The molecule has 4 aromatic rings. The number of nitrogens with one attached hydrogen (secondary N) is 1. The minimum Gasteiger partial charge on any atom is -0.460 e. The lowest BCUT2D eigenvalue weighted by Gasteiger charge is -2.35. The van der Waals surface area contributed by atoms with Gasteiger partial charge in [-0.3, -0.25) is 9.59 Å². The van der Waals surface area contributed by atoms with Crippen LogP contribution in [0.4, 0.5) is 10.1 Å². The predicted molar refractivity (Wildman–Crippen MR) is 194 cm³/mol. The second-order valence-corrected chi connectivity index (χ2v) is 14.0. The van der Waals surface area contributed by atoms with Crippen LogP contribution in [0.15, 0.2) is 84.9 Å². The van der Waals surface area contributed by atoms with Crippen molar-refractivity contribution in [3.8, 4) is 22.4 Å². The van der Waals surface area contributed by atoms with Gasteiger partial charge in [0.1, 0.15) is 11.4 Å². The van der Waals surface area contributed by atoms with Crippen molar-refractivity contribution in [2.75, 3.05) is 5.32 Å². The van der Waals surface area contributed by atoms with E-state index >= 15 is 0 Å². The summed E-state index contributed by atoms with van der Waals surface area (Å²) in [5, 5.41) is 3.13. The SMILES string of the molecule is CCCB1O[C@H](CCn2c(-c3ccc(F)cc3)c(-c3ccccc3)c(C(=O)Nc3ccccc3)c2C(C)C)C[C@H](CC(=O)OC(C)(C)C)O1. The van der Waals surface area contributed by atoms with E-state index in [1.54, 1.807) is 12.1 Å². The van der Waals surface area contributed by atoms with Gasteiger partial charge in [-0.1, -0.05) is 75.7 Å². The van der Waals surface area contributed by atoms with Crippen molar-refractivity contribution >= 4 is 24.7 Å². The molecule has 2 heterocycles. The van der Waals surface area contributed by atoms with E-state index in [9.17, 15) is 14.0 Å². The molecule has 1 fully saturated rings. The summed E-state index contributed by atoms with van der Waals surface area (Å²) < 4.78 is 34.8. The largest absolute Gasteiger partial charge is 0.460 e. The fraction of sp³-hybridized carbons (Fsp3) is 0.400. The third kappa shape index (κ3) is 9.28. The standard InChI is InChI=1S/C40H48BFN2O5/c1-7-23-41-48-32(25-33(49-41)26-34(45)47-40(4,5)6)22-24-44-37(27(2)3)36(39(46)43-31-16-12-9-13-17-31)35(28-14-10-8-11-15-28)38(44)29-18-20-30(42)21-19-29/h8-21,27,32-33H,7,22-26H2,1-6H3,(H,43,46)/t32-,33-/m1/s1. The molecule has 1 aromatic heterocycles. The third-order valence-corrected chi connectivity index (χ3v) is 8.52. The Bertz CT molecular complexity index is 1700. The summed E-state index contributed by atoms with van der Waals surface area (Å²) in [7, 11) is -0.422. The van der Waals surface area contributed by atoms with E-state index in [-0.39, 0.29) is 42.2 Å². The Labute approximate surface area is 290 Å². The number of halogens is 1. The number of para-hydroxylation sites is 1. The van der Waals surface area contributed by atoms with Crippen LogP contribution in [0.2, 0.25) is 6.32 Å². The molecule has 1 aliphatic heterocycles. The Balaban J connectivity index is 1.58. The third-order valence-electron chi connectivity index (χ3n) is 8.52. The van der Waals surface area contributed by atoms with E-state index in [0.717, 1.165) is 34.5 Å². The summed E-state index contributed by atoms with van der Waals surface area (Å²) in [5.74, 6) is -0.862. The summed E-state index contributed by atoms with van der Waals surface area (Å²) >= 11 is 0. The fourth-order valence-corrected chi connectivity index (χ4v) is 6.61. The number of carbonyl (C=O) groups is 2. The number of carbonyl (C=O) groups excluding carboxylic acids is 2. The minimum atomic E-state index is -0.579. The molecule has 1 aliphatic rings. The molecule has 0 spiro atoms. The first-order valence-electron chi connectivity index (χ1n) is 17.4. The Morgan fingerprint density at radius 1 is 0.939 bits per heavy atom. The number of benzene rings is 3. The molecule has 7 nitrogen and oxygen atoms in total. The number of amides is 1. The van der Waals surface area contributed by atoms with Crippen LogP contribution in [0.5, 0.6) is 0 Å². The molecular formula is C40H48BFN2O5. The maximum absolute atomic E-state index is 14.4. The maximum atomic E-state index is 14.4. The smallest absolute Gasteiger partial charge is 0.457 e. The minimum absolute atomic E-state index is 0.0310. The highest BCUT2D eigenvalue weighted by Crippen LogP contribution is 2.43.